The zero-order valence-electron chi connectivity index (χ0n) is 40.5. The predicted octanol–water partition coefficient (Wildman–Crippen LogP) is 7.68. The maximum atomic E-state index is 14.7. The van der Waals surface area contributed by atoms with E-state index in [0.29, 0.717) is 0 Å². The van der Waals surface area contributed by atoms with Crippen molar-refractivity contribution in [3.63, 3.8) is 0 Å². The van der Waals surface area contributed by atoms with Gasteiger partial charge in [0, 0.05) is 32.0 Å². The lowest BCUT2D eigenvalue weighted by Crippen LogP contribution is -2.56. The lowest BCUT2D eigenvalue weighted by Gasteiger charge is -2.37. The van der Waals surface area contributed by atoms with Gasteiger partial charge in [-0.25, -0.2) is 0 Å². The minimum Gasteiger partial charge on any atom is -0.347 e. The molecule has 13 heteroatoms. The van der Waals surface area contributed by atoms with Crippen LogP contribution in [0.4, 0.5) is 0 Å². The smallest absolute Gasteiger partial charge is 0.245 e. The lowest BCUT2D eigenvalue weighted by molar-refractivity contribution is -0.142. The molecule has 0 aliphatic carbocycles. The fourth-order valence-corrected chi connectivity index (χ4v) is 12.3. The first-order valence-electron chi connectivity index (χ1n) is 23.8. The fraction of sp³-hybridized carbons (Fsp3) is 0.276. The maximum Gasteiger partial charge on any atom is 0.245 e. The Bertz CT molecular complexity index is 2540. The zero-order valence-corrected chi connectivity index (χ0v) is 42.2. The van der Waals surface area contributed by atoms with Crippen LogP contribution < -0.4 is 16.0 Å². The van der Waals surface area contributed by atoms with Crippen molar-refractivity contribution in [1.29, 1.82) is 0 Å². The van der Waals surface area contributed by atoms with Gasteiger partial charge in [0.2, 0.25) is 29.5 Å². The highest BCUT2D eigenvalue weighted by atomic mass is 32.2. The van der Waals surface area contributed by atoms with Gasteiger partial charge in [-0.05, 0) is 39.3 Å². The van der Waals surface area contributed by atoms with Crippen LogP contribution in [0.2, 0.25) is 0 Å². The number of rotatable bonds is 13. The number of benzene rings is 6. The highest BCUT2D eigenvalue weighted by Crippen LogP contribution is 2.50. The Morgan fingerprint density at radius 1 is 0.493 bits per heavy atom. The molecule has 71 heavy (non-hydrogen) atoms. The van der Waals surface area contributed by atoms with Crippen LogP contribution >= 0.6 is 23.5 Å². The quantitative estimate of drug-likeness (QED) is 0.100. The van der Waals surface area contributed by atoms with Gasteiger partial charge in [-0.2, -0.15) is 0 Å². The third kappa shape index (κ3) is 12.3. The van der Waals surface area contributed by atoms with E-state index in [1.165, 1.54) is 47.4 Å². The van der Waals surface area contributed by atoms with E-state index in [1.807, 2.05) is 146 Å². The second-order valence-electron chi connectivity index (χ2n) is 18.1. The van der Waals surface area contributed by atoms with Gasteiger partial charge in [0.25, 0.3) is 0 Å². The monoisotopic (exact) mass is 987 g/mol. The van der Waals surface area contributed by atoms with Crippen molar-refractivity contribution in [2.45, 2.75) is 41.8 Å². The number of nitrogens with one attached hydrogen (secondary N) is 3. The van der Waals surface area contributed by atoms with E-state index in [0.717, 1.165) is 33.4 Å². The van der Waals surface area contributed by atoms with Crippen molar-refractivity contribution in [2.24, 2.45) is 11.8 Å². The summed E-state index contributed by atoms with van der Waals surface area (Å²) in [5.41, 5.74) is 5.76. The molecule has 1 heterocycles. The largest absolute Gasteiger partial charge is 0.347 e. The molecule has 1 aliphatic heterocycles. The number of ketones is 1. The lowest BCUT2D eigenvalue weighted by atomic mass is 9.84. The van der Waals surface area contributed by atoms with Crippen LogP contribution in [-0.4, -0.2) is 102 Å². The number of hydrogen-bond acceptors (Lipinski definition) is 8. The Hall–Kier alpha value is -6.96. The van der Waals surface area contributed by atoms with Crippen molar-refractivity contribution < 1.29 is 28.8 Å². The van der Waals surface area contributed by atoms with Crippen molar-refractivity contribution in [2.75, 3.05) is 45.2 Å². The molecule has 0 aromatic heterocycles. The first-order valence-corrected chi connectivity index (χ1v) is 25.8. The summed E-state index contributed by atoms with van der Waals surface area (Å²) in [6, 6.07) is 57.7. The van der Waals surface area contributed by atoms with Crippen molar-refractivity contribution in [3.05, 3.63) is 215 Å². The molecule has 0 unspecified atom stereocenters. The van der Waals surface area contributed by atoms with E-state index >= 15 is 0 Å². The number of likely N-dealkylation sites (N-methyl/N-ethyl adjacent to an activating group) is 2. The van der Waals surface area contributed by atoms with E-state index in [-0.39, 0.29) is 30.4 Å². The minimum absolute atomic E-state index is 0.0515. The Morgan fingerprint density at radius 3 is 1.20 bits per heavy atom. The third-order valence-corrected chi connectivity index (χ3v) is 16.1. The van der Waals surface area contributed by atoms with E-state index in [9.17, 15) is 28.8 Å². The molecule has 6 aromatic rings. The molecule has 3 atom stereocenters. The summed E-state index contributed by atoms with van der Waals surface area (Å²) >= 11 is 2.99. The number of carbonyl (C=O) groups is 6. The van der Waals surface area contributed by atoms with Crippen LogP contribution in [0.15, 0.2) is 182 Å². The molecule has 1 aliphatic rings. The summed E-state index contributed by atoms with van der Waals surface area (Å²) < 4.78 is -1.67. The van der Waals surface area contributed by atoms with Gasteiger partial charge in [0.15, 0.2) is 5.78 Å². The molecule has 0 spiro atoms. The van der Waals surface area contributed by atoms with Crippen molar-refractivity contribution in [3.8, 4) is 0 Å². The molecular formula is C58H61N5O6S2. The zero-order chi connectivity index (χ0) is 50.4. The highest BCUT2D eigenvalue weighted by Gasteiger charge is 2.41. The Labute approximate surface area is 425 Å². The van der Waals surface area contributed by atoms with Crippen molar-refractivity contribution in [1.82, 2.24) is 25.8 Å². The SMILES string of the molecule is CC(C)[C@@H]1NC(=O)CN(C)C(=O)[C@H](CSC(c2ccccc2)(c2ccccc2)c2ccccc2)CC(=O)CNC(=O)[C@H](CSC(c2ccccc2)(c2ccccc2)c2ccccc2)NC(=O)CN(C)C1=O. The minimum atomic E-state index is -1.18. The van der Waals surface area contributed by atoms with Crippen LogP contribution in [0.3, 0.4) is 0 Å². The summed E-state index contributed by atoms with van der Waals surface area (Å²) in [4.78, 5) is 88.0. The molecule has 3 N–H and O–H groups in total. The normalized spacial score (nSPS) is 18.3. The molecule has 5 amide bonds. The molecule has 1 saturated heterocycles. The molecule has 0 saturated carbocycles. The molecule has 7 rings (SSSR count). The van der Waals surface area contributed by atoms with E-state index in [2.05, 4.69) is 52.3 Å². The van der Waals surface area contributed by atoms with Gasteiger partial charge < -0.3 is 25.8 Å². The van der Waals surface area contributed by atoms with Crippen molar-refractivity contribution >= 4 is 58.8 Å². The maximum absolute atomic E-state index is 14.7. The molecule has 0 radical (unpaired) electrons. The van der Waals surface area contributed by atoms with E-state index in [4.69, 9.17) is 0 Å². The van der Waals surface area contributed by atoms with Crippen LogP contribution in [-0.2, 0) is 38.3 Å². The van der Waals surface area contributed by atoms with Gasteiger partial charge >= 0.3 is 0 Å². The number of nitrogens with zero attached hydrogens (tertiary/aromatic N) is 2. The van der Waals surface area contributed by atoms with Gasteiger partial charge in [-0.1, -0.05) is 196 Å². The summed E-state index contributed by atoms with van der Waals surface area (Å²) in [7, 11) is 2.97. The number of carbonyl (C=O) groups excluding carboxylic acids is 6. The molecule has 11 nitrogen and oxygen atoms in total. The Morgan fingerprint density at radius 2 is 0.831 bits per heavy atom. The molecular weight excluding hydrogens is 927 g/mol. The Kier molecular flexibility index (Phi) is 17.7. The Balaban J connectivity index is 1.24. The van der Waals surface area contributed by atoms with Gasteiger partial charge in [0.1, 0.15) is 12.1 Å². The molecule has 1 fully saturated rings. The van der Waals surface area contributed by atoms with Crippen LogP contribution in [0, 0.1) is 11.8 Å². The predicted molar refractivity (Wildman–Crippen MR) is 283 cm³/mol. The second-order valence-corrected chi connectivity index (χ2v) is 20.6. The van der Waals surface area contributed by atoms with Gasteiger partial charge in [-0.3, -0.25) is 28.8 Å². The summed E-state index contributed by atoms with van der Waals surface area (Å²) in [6.07, 6.45) is -0.255. The number of Topliss-reactive ketones (excluding diaryl/α,β-unsaturated/α-hetero) is 1. The van der Waals surface area contributed by atoms with Crippen LogP contribution in [0.25, 0.3) is 0 Å². The van der Waals surface area contributed by atoms with Crippen LogP contribution in [0.1, 0.15) is 53.6 Å². The van der Waals surface area contributed by atoms with Crippen LogP contribution in [0.5, 0.6) is 0 Å². The second kappa shape index (κ2) is 24.2. The van der Waals surface area contributed by atoms with Gasteiger partial charge in [-0.15, -0.1) is 23.5 Å². The third-order valence-electron chi connectivity index (χ3n) is 12.7. The molecule has 366 valence electrons. The summed E-state index contributed by atoms with van der Waals surface area (Å²) in [5.74, 6) is -4.26. The number of thioether (sulfide) groups is 2. The van der Waals surface area contributed by atoms with E-state index < -0.39 is 75.9 Å². The highest BCUT2D eigenvalue weighted by molar-refractivity contribution is 8.01. The van der Waals surface area contributed by atoms with E-state index in [1.54, 1.807) is 13.8 Å². The first-order chi connectivity index (χ1) is 34.3. The summed E-state index contributed by atoms with van der Waals surface area (Å²) in [5, 5.41) is 8.52. The fourth-order valence-electron chi connectivity index (χ4n) is 9.14. The topological polar surface area (TPSA) is 145 Å². The standard InChI is InChI=1S/C58H61N5O6S2/c1-41(2)53-56(69)63(4)37-51(65)60-50(40-71-58(46-29-17-8-18-30-46,47-31-19-9-20-32-47)48-33-21-10-22-34-48)54(67)59-36-49(64)35-42(55(68)62(3)38-52(66)61-53)39-70-57(43-23-11-5-12-24-43,44-25-13-6-14-26-44)45-27-15-7-16-28-45/h5-34,41-42,50,53H,35-40H2,1-4H3,(H,59,67)(H,60,65)(H,61,66)/t42-,50-,53-/m0/s1. The first kappa shape index (κ1) is 51.9. The number of hydrogen-bond donors (Lipinski definition) is 3. The molecule has 6 aromatic carbocycles. The molecule has 0 bridgehead atoms. The summed E-state index contributed by atoms with van der Waals surface area (Å²) in [6.45, 7) is 2.34. The number of amides is 5. The van der Waals surface area contributed by atoms with Gasteiger partial charge in [0.05, 0.1) is 35.0 Å². The average molecular weight is 988 g/mol. The average Bonchev–Trinajstić information content (AvgIpc) is 3.40.